The molecule has 0 saturated heterocycles. The van der Waals surface area contributed by atoms with Gasteiger partial charge in [0.1, 0.15) is 18.2 Å². The minimum absolute atomic E-state index is 0. The fourth-order valence-corrected chi connectivity index (χ4v) is 1.93. The lowest BCUT2D eigenvalue weighted by Gasteiger charge is -2.09. The third kappa shape index (κ3) is 6.02. The molecular weight excluding hydrogens is 305 g/mol. The van der Waals surface area contributed by atoms with Gasteiger partial charge in [-0.1, -0.05) is 30.3 Å². The molecular formula is C17H20ClFNO2-. The molecule has 22 heavy (non-hydrogen) atoms. The molecule has 0 aliphatic heterocycles. The van der Waals surface area contributed by atoms with Gasteiger partial charge in [-0.2, -0.15) is 0 Å². The Bertz CT molecular complexity index is 566. The van der Waals surface area contributed by atoms with Crippen LogP contribution < -0.4 is 22.5 Å². The Balaban J connectivity index is 0.00000242. The van der Waals surface area contributed by atoms with Gasteiger partial charge in [-0.05, 0) is 23.8 Å². The average molecular weight is 325 g/mol. The van der Waals surface area contributed by atoms with Crippen molar-refractivity contribution in [3.05, 3.63) is 65.5 Å². The van der Waals surface area contributed by atoms with Gasteiger partial charge >= 0.3 is 0 Å². The third-order valence-corrected chi connectivity index (χ3v) is 3.06. The van der Waals surface area contributed by atoms with Gasteiger partial charge in [0, 0.05) is 25.8 Å². The average Bonchev–Trinajstić information content (AvgIpc) is 2.51. The lowest BCUT2D eigenvalue weighted by molar-refractivity contribution is -0.00000569. The van der Waals surface area contributed by atoms with Gasteiger partial charge in [0.05, 0.1) is 6.61 Å². The summed E-state index contributed by atoms with van der Waals surface area (Å²) in [4.78, 5) is 0. The largest absolute Gasteiger partial charge is 1.00 e. The Morgan fingerprint density at radius 3 is 2.68 bits per heavy atom. The second-order valence-electron chi connectivity index (χ2n) is 4.70. The molecule has 0 amide bonds. The lowest BCUT2D eigenvalue weighted by Crippen LogP contribution is -3.00. The van der Waals surface area contributed by atoms with Crippen molar-refractivity contribution in [1.82, 2.24) is 5.32 Å². The van der Waals surface area contributed by atoms with Crippen molar-refractivity contribution in [2.75, 3.05) is 20.3 Å². The molecule has 0 unspecified atom stereocenters. The molecule has 120 valence electrons. The van der Waals surface area contributed by atoms with Gasteiger partial charge in [-0.3, -0.25) is 0 Å². The number of ether oxygens (including phenoxy) is 2. The van der Waals surface area contributed by atoms with Crippen LogP contribution in [0.4, 0.5) is 4.39 Å². The molecule has 2 aromatic rings. The van der Waals surface area contributed by atoms with E-state index in [1.807, 2.05) is 24.3 Å². The predicted molar refractivity (Wildman–Crippen MR) is 80.8 cm³/mol. The Morgan fingerprint density at radius 1 is 1.09 bits per heavy atom. The first-order valence-corrected chi connectivity index (χ1v) is 6.94. The number of benzene rings is 2. The van der Waals surface area contributed by atoms with E-state index in [9.17, 15) is 4.39 Å². The van der Waals surface area contributed by atoms with E-state index < -0.39 is 0 Å². The van der Waals surface area contributed by atoms with Crippen molar-refractivity contribution in [2.24, 2.45) is 0 Å². The van der Waals surface area contributed by atoms with Crippen LogP contribution in [0.5, 0.6) is 5.75 Å². The minimum atomic E-state index is -0.241. The molecule has 0 fully saturated rings. The molecule has 0 aliphatic carbocycles. The van der Waals surface area contributed by atoms with Crippen molar-refractivity contribution in [1.29, 1.82) is 0 Å². The summed E-state index contributed by atoms with van der Waals surface area (Å²) in [5.41, 5.74) is 1.68. The molecule has 0 bridgehead atoms. The molecule has 0 saturated carbocycles. The van der Waals surface area contributed by atoms with Crippen molar-refractivity contribution >= 4 is 0 Å². The van der Waals surface area contributed by atoms with Gasteiger partial charge in [0.25, 0.3) is 0 Å². The zero-order valence-electron chi connectivity index (χ0n) is 12.5. The highest BCUT2D eigenvalue weighted by Crippen LogP contribution is 2.16. The van der Waals surface area contributed by atoms with E-state index in [-0.39, 0.29) is 24.8 Å². The molecule has 0 spiro atoms. The highest BCUT2D eigenvalue weighted by Gasteiger charge is 2.02. The fraction of sp³-hybridized carbons (Fsp3) is 0.294. The normalized spacial score (nSPS) is 10.1. The summed E-state index contributed by atoms with van der Waals surface area (Å²) in [7, 11) is 1.68. The first-order valence-electron chi connectivity index (χ1n) is 6.94. The van der Waals surface area contributed by atoms with E-state index in [1.54, 1.807) is 25.3 Å². The maximum Gasteiger partial charge on any atom is 0.129 e. The number of methoxy groups -OCH3 is 1. The quantitative estimate of drug-likeness (QED) is 0.701. The summed E-state index contributed by atoms with van der Waals surface area (Å²) in [5, 5.41) is 3.27. The van der Waals surface area contributed by atoms with Crippen LogP contribution in [0.2, 0.25) is 0 Å². The van der Waals surface area contributed by atoms with Crippen molar-refractivity contribution in [3.8, 4) is 5.75 Å². The summed E-state index contributed by atoms with van der Waals surface area (Å²) in [6, 6.07) is 14.4. The van der Waals surface area contributed by atoms with Crippen molar-refractivity contribution in [3.63, 3.8) is 0 Å². The Kier molecular flexibility index (Phi) is 8.51. The van der Waals surface area contributed by atoms with E-state index in [2.05, 4.69) is 5.32 Å². The van der Waals surface area contributed by atoms with Gasteiger partial charge in [0.2, 0.25) is 0 Å². The summed E-state index contributed by atoms with van der Waals surface area (Å²) in [6.07, 6.45) is 0. The Morgan fingerprint density at radius 2 is 1.91 bits per heavy atom. The molecule has 0 aliphatic rings. The Labute approximate surface area is 136 Å². The zero-order valence-corrected chi connectivity index (χ0v) is 13.3. The molecule has 5 heteroatoms. The number of nitrogens with one attached hydrogen (secondary N) is 1. The SMILES string of the molecule is COCCNCc1cccc(OCc2ccccc2F)c1.[Cl-]. The highest BCUT2D eigenvalue weighted by atomic mass is 35.5. The van der Waals surface area contributed by atoms with Crippen LogP contribution in [0.1, 0.15) is 11.1 Å². The summed E-state index contributed by atoms with van der Waals surface area (Å²) in [5.74, 6) is 0.499. The number of hydrogen-bond acceptors (Lipinski definition) is 3. The van der Waals surface area contributed by atoms with Crippen LogP contribution in [0, 0.1) is 5.82 Å². The summed E-state index contributed by atoms with van der Waals surface area (Å²) < 4.78 is 24.1. The van der Waals surface area contributed by atoms with Crippen LogP contribution in [-0.4, -0.2) is 20.3 Å². The summed E-state index contributed by atoms with van der Waals surface area (Å²) in [6.45, 7) is 2.47. The smallest absolute Gasteiger partial charge is 0.129 e. The maximum absolute atomic E-state index is 13.5. The van der Waals surface area contributed by atoms with Gasteiger partial charge < -0.3 is 27.2 Å². The van der Waals surface area contributed by atoms with E-state index in [0.717, 1.165) is 24.4 Å². The Hall–Kier alpha value is -1.62. The topological polar surface area (TPSA) is 30.5 Å². The number of rotatable bonds is 8. The second-order valence-corrected chi connectivity index (χ2v) is 4.70. The van der Waals surface area contributed by atoms with Crippen molar-refractivity contribution < 1.29 is 26.3 Å². The molecule has 0 radical (unpaired) electrons. The molecule has 0 heterocycles. The van der Waals surface area contributed by atoms with Crippen LogP contribution in [0.25, 0.3) is 0 Å². The van der Waals surface area contributed by atoms with E-state index in [0.29, 0.717) is 12.2 Å². The monoisotopic (exact) mass is 324 g/mol. The van der Waals surface area contributed by atoms with Gasteiger partial charge in [0.15, 0.2) is 0 Å². The molecule has 0 aromatic heterocycles. The first-order chi connectivity index (χ1) is 10.3. The number of hydrogen-bond donors (Lipinski definition) is 1. The molecule has 2 rings (SSSR count). The summed E-state index contributed by atoms with van der Waals surface area (Å²) >= 11 is 0. The van der Waals surface area contributed by atoms with Crippen LogP contribution in [0.15, 0.2) is 48.5 Å². The lowest BCUT2D eigenvalue weighted by atomic mass is 10.2. The van der Waals surface area contributed by atoms with E-state index in [1.165, 1.54) is 6.07 Å². The molecule has 2 aromatic carbocycles. The van der Waals surface area contributed by atoms with E-state index >= 15 is 0 Å². The maximum atomic E-state index is 13.5. The van der Waals surface area contributed by atoms with Crippen LogP contribution in [0.3, 0.4) is 0 Å². The van der Waals surface area contributed by atoms with E-state index in [4.69, 9.17) is 9.47 Å². The molecule has 3 nitrogen and oxygen atoms in total. The zero-order chi connectivity index (χ0) is 14.9. The fourth-order valence-electron chi connectivity index (χ4n) is 1.93. The predicted octanol–water partition coefficient (Wildman–Crippen LogP) is 0.145. The molecule has 0 atom stereocenters. The number of halogens is 2. The van der Waals surface area contributed by atoms with Crippen LogP contribution >= 0.6 is 0 Å². The minimum Gasteiger partial charge on any atom is -1.00 e. The second kappa shape index (κ2) is 10.2. The van der Waals surface area contributed by atoms with Crippen molar-refractivity contribution in [2.45, 2.75) is 13.2 Å². The van der Waals surface area contributed by atoms with Crippen LogP contribution in [-0.2, 0) is 17.9 Å². The highest BCUT2D eigenvalue weighted by molar-refractivity contribution is 5.29. The standard InChI is InChI=1S/C17H20FNO2.ClH/c1-20-10-9-19-12-14-5-4-7-16(11-14)21-13-15-6-2-3-8-17(15)18;/h2-8,11,19H,9-10,12-13H2,1H3;1H/p-1. The van der Waals surface area contributed by atoms with Gasteiger partial charge in [-0.15, -0.1) is 0 Å². The van der Waals surface area contributed by atoms with Gasteiger partial charge in [-0.25, -0.2) is 4.39 Å². The first kappa shape index (κ1) is 18.4. The molecule has 1 N–H and O–H groups in total. The third-order valence-electron chi connectivity index (χ3n) is 3.06.